The lowest BCUT2D eigenvalue weighted by Gasteiger charge is -2.27. The van der Waals surface area contributed by atoms with Crippen LogP contribution in [0.5, 0.6) is 0 Å². The normalized spacial score (nSPS) is 37.5. The van der Waals surface area contributed by atoms with Crippen molar-refractivity contribution in [3.63, 3.8) is 0 Å². The van der Waals surface area contributed by atoms with E-state index >= 15 is 0 Å². The van der Waals surface area contributed by atoms with E-state index in [4.69, 9.17) is 0 Å². The molecule has 0 aromatic heterocycles. The molecule has 0 aromatic carbocycles. The second-order valence-corrected chi connectivity index (χ2v) is 11.9. The van der Waals surface area contributed by atoms with E-state index in [9.17, 15) is 0 Å². The third-order valence-electron chi connectivity index (χ3n) is 5.33. The average Bonchev–Trinajstić information content (AvgIpc) is 3.01. The molecule has 0 saturated carbocycles. The Morgan fingerprint density at radius 2 is 1.39 bits per heavy atom. The molecule has 0 amide bonds. The van der Waals surface area contributed by atoms with Gasteiger partial charge in [0.05, 0.1) is 0 Å². The summed E-state index contributed by atoms with van der Waals surface area (Å²) in [6.07, 6.45) is 15.6. The largest absolute Gasteiger partial charge is 0.103 e. The van der Waals surface area contributed by atoms with Gasteiger partial charge in [-0.1, -0.05) is 20.8 Å². The summed E-state index contributed by atoms with van der Waals surface area (Å²) in [5, 5.41) is 0. The van der Waals surface area contributed by atoms with Crippen LogP contribution < -0.4 is 0 Å². The Labute approximate surface area is 117 Å². The molecule has 2 saturated heterocycles. The first-order valence-electron chi connectivity index (χ1n) is 8.29. The van der Waals surface area contributed by atoms with Crippen LogP contribution in [0.25, 0.3) is 0 Å². The Bertz CT molecular complexity index is 229. The zero-order valence-corrected chi connectivity index (χ0v) is 14.5. The van der Waals surface area contributed by atoms with E-state index in [0.717, 1.165) is 17.0 Å². The average molecular weight is 286 g/mol. The Kier molecular flexibility index (Phi) is 6.43. The van der Waals surface area contributed by atoms with Gasteiger partial charge in [-0.15, -0.1) is 15.8 Å². The van der Waals surface area contributed by atoms with Gasteiger partial charge in [0.25, 0.3) is 0 Å². The number of rotatable bonds is 6. The molecule has 1 unspecified atom stereocenters. The Balaban J connectivity index is 1.83. The van der Waals surface area contributed by atoms with Crippen LogP contribution in [0.2, 0.25) is 0 Å². The molecular weight excluding hydrogens is 254 g/mol. The van der Waals surface area contributed by atoms with Gasteiger partial charge in [-0.3, -0.25) is 0 Å². The van der Waals surface area contributed by atoms with E-state index in [2.05, 4.69) is 20.8 Å². The fourth-order valence-corrected chi connectivity index (χ4v) is 11.9. The topological polar surface area (TPSA) is 0 Å². The molecular formula is C16H32P2. The Morgan fingerprint density at radius 3 is 1.94 bits per heavy atom. The molecule has 2 rings (SSSR count). The molecule has 18 heavy (non-hydrogen) atoms. The highest BCUT2D eigenvalue weighted by Gasteiger charge is 2.34. The SMILES string of the molecule is CC[C@@H]1CCCP1CCP1[C@H](CC)CC[C@H]1CC. The highest BCUT2D eigenvalue weighted by atomic mass is 31.1. The lowest BCUT2D eigenvalue weighted by Crippen LogP contribution is -2.09. The first-order valence-corrected chi connectivity index (χ1v) is 11.7. The molecule has 2 aliphatic heterocycles. The summed E-state index contributed by atoms with van der Waals surface area (Å²) in [4.78, 5) is 0. The molecule has 0 aromatic rings. The highest BCUT2D eigenvalue weighted by molar-refractivity contribution is 7.63. The van der Waals surface area contributed by atoms with Crippen LogP contribution in [0.4, 0.5) is 0 Å². The van der Waals surface area contributed by atoms with E-state index in [0.29, 0.717) is 15.8 Å². The van der Waals surface area contributed by atoms with E-state index in [-0.39, 0.29) is 0 Å². The van der Waals surface area contributed by atoms with Crippen molar-refractivity contribution in [1.29, 1.82) is 0 Å². The summed E-state index contributed by atoms with van der Waals surface area (Å²) in [6.45, 7) is 7.30. The van der Waals surface area contributed by atoms with Gasteiger partial charge in [-0.25, -0.2) is 0 Å². The molecule has 0 N–H and O–H groups in total. The molecule has 106 valence electrons. The maximum Gasteiger partial charge on any atom is -0.0209 e. The third kappa shape index (κ3) is 3.49. The minimum absolute atomic E-state index is 0.404. The number of hydrogen-bond acceptors (Lipinski definition) is 0. The summed E-state index contributed by atoms with van der Waals surface area (Å²) >= 11 is 0. The van der Waals surface area contributed by atoms with Crippen molar-refractivity contribution >= 4 is 15.8 Å². The molecule has 2 heterocycles. The van der Waals surface area contributed by atoms with Gasteiger partial charge in [-0.05, 0) is 80.4 Å². The van der Waals surface area contributed by atoms with Crippen molar-refractivity contribution in [1.82, 2.24) is 0 Å². The molecule has 4 atom stereocenters. The zero-order valence-electron chi connectivity index (χ0n) is 12.7. The van der Waals surface area contributed by atoms with Gasteiger partial charge < -0.3 is 0 Å². The smallest absolute Gasteiger partial charge is 0.0209 e. The van der Waals surface area contributed by atoms with Crippen LogP contribution >= 0.6 is 15.8 Å². The van der Waals surface area contributed by atoms with Crippen molar-refractivity contribution in [3.05, 3.63) is 0 Å². The van der Waals surface area contributed by atoms with E-state index in [1.807, 2.05) is 0 Å². The van der Waals surface area contributed by atoms with E-state index < -0.39 is 0 Å². The van der Waals surface area contributed by atoms with Gasteiger partial charge in [0.1, 0.15) is 0 Å². The molecule has 0 radical (unpaired) electrons. The van der Waals surface area contributed by atoms with E-state index in [1.54, 1.807) is 44.2 Å². The Hall–Kier alpha value is 0.860. The summed E-state index contributed by atoms with van der Waals surface area (Å²) < 4.78 is 0. The maximum absolute atomic E-state index is 2.44. The monoisotopic (exact) mass is 286 g/mol. The lowest BCUT2D eigenvalue weighted by molar-refractivity contribution is 0.696. The maximum atomic E-state index is 2.44. The molecule has 2 aliphatic rings. The summed E-state index contributed by atoms with van der Waals surface area (Å²) in [6, 6.07) is 0. The highest BCUT2D eigenvalue weighted by Crippen LogP contribution is 2.61. The van der Waals surface area contributed by atoms with Crippen molar-refractivity contribution in [2.75, 3.05) is 18.5 Å². The van der Waals surface area contributed by atoms with Crippen molar-refractivity contribution in [2.45, 2.75) is 82.7 Å². The van der Waals surface area contributed by atoms with Gasteiger partial charge in [0, 0.05) is 0 Å². The van der Waals surface area contributed by atoms with Crippen LogP contribution in [-0.2, 0) is 0 Å². The van der Waals surface area contributed by atoms with Crippen molar-refractivity contribution < 1.29 is 0 Å². The predicted octanol–water partition coefficient (Wildman–Crippen LogP) is 5.87. The Morgan fingerprint density at radius 1 is 0.778 bits per heavy atom. The standard InChI is InChI=1S/C16H32P2/c1-4-14-8-7-11-17(14)12-13-18-15(5-2)9-10-16(18)6-3/h14-16H,4-13H2,1-3H3/t14-,15-,16-,17?/m1/s1. The first-order chi connectivity index (χ1) is 8.80. The van der Waals surface area contributed by atoms with Crippen LogP contribution in [0.3, 0.4) is 0 Å². The fraction of sp³-hybridized carbons (Fsp3) is 1.00. The van der Waals surface area contributed by atoms with Crippen LogP contribution in [0.15, 0.2) is 0 Å². The number of hydrogen-bond donors (Lipinski definition) is 0. The van der Waals surface area contributed by atoms with E-state index in [1.165, 1.54) is 19.3 Å². The van der Waals surface area contributed by atoms with Gasteiger partial charge in [0.2, 0.25) is 0 Å². The summed E-state index contributed by atoms with van der Waals surface area (Å²) in [5.74, 6) is 0. The molecule has 0 spiro atoms. The summed E-state index contributed by atoms with van der Waals surface area (Å²) in [5.41, 5.74) is 3.43. The summed E-state index contributed by atoms with van der Waals surface area (Å²) in [7, 11) is 0.847. The predicted molar refractivity (Wildman–Crippen MR) is 89.1 cm³/mol. The van der Waals surface area contributed by atoms with Crippen LogP contribution in [0, 0.1) is 0 Å². The quantitative estimate of drug-likeness (QED) is 0.535. The molecule has 2 heteroatoms. The minimum Gasteiger partial charge on any atom is -0.103 e. The first kappa shape index (κ1) is 15.3. The second kappa shape index (κ2) is 7.59. The fourth-order valence-electron chi connectivity index (χ4n) is 4.15. The van der Waals surface area contributed by atoms with Gasteiger partial charge in [0.15, 0.2) is 0 Å². The van der Waals surface area contributed by atoms with Crippen LogP contribution in [0.1, 0.15) is 65.7 Å². The molecule has 0 aliphatic carbocycles. The van der Waals surface area contributed by atoms with Gasteiger partial charge >= 0.3 is 0 Å². The van der Waals surface area contributed by atoms with Gasteiger partial charge in [-0.2, -0.15) is 0 Å². The lowest BCUT2D eigenvalue weighted by atomic mass is 10.1. The van der Waals surface area contributed by atoms with Crippen molar-refractivity contribution in [3.8, 4) is 0 Å². The second-order valence-electron chi connectivity index (χ2n) is 6.18. The zero-order chi connectivity index (χ0) is 13.0. The molecule has 0 bridgehead atoms. The third-order valence-corrected chi connectivity index (χ3v) is 12.9. The van der Waals surface area contributed by atoms with Crippen LogP contribution in [-0.4, -0.2) is 35.5 Å². The molecule has 0 nitrogen and oxygen atoms in total. The molecule has 2 fully saturated rings. The minimum atomic E-state index is 0.404. The van der Waals surface area contributed by atoms with Crippen molar-refractivity contribution in [2.24, 2.45) is 0 Å².